The normalized spacial score (nSPS) is 10.4. The van der Waals surface area contributed by atoms with Gasteiger partial charge in [0, 0.05) is 7.05 Å². The van der Waals surface area contributed by atoms with Gasteiger partial charge >= 0.3 is 0 Å². The molecule has 18 heavy (non-hydrogen) atoms. The number of aryl methyl sites for hydroxylation is 1. The number of carbonyl (C=O) groups is 1. The smallest absolute Gasteiger partial charge is 0.217 e. The summed E-state index contributed by atoms with van der Waals surface area (Å²) >= 11 is 0. The molecule has 0 aliphatic heterocycles. The number of aromatic nitrogens is 2. The maximum Gasteiger partial charge on any atom is 0.217 e. The van der Waals surface area contributed by atoms with E-state index in [2.05, 4.69) is 5.10 Å². The maximum atomic E-state index is 13.3. The van der Waals surface area contributed by atoms with E-state index in [0.29, 0.717) is 5.75 Å². The van der Waals surface area contributed by atoms with Crippen molar-refractivity contribution in [3.05, 3.63) is 41.5 Å². The molecule has 2 aromatic rings. The first-order valence-corrected chi connectivity index (χ1v) is 5.21. The first-order chi connectivity index (χ1) is 8.56. The molecule has 1 aromatic heterocycles. The largest absolute Gasteiger partial charge is 0.493 e. The maximum absolute atomic E-state index is 13.3. The van der Waals surface area contributed by atoms with Gasteiger partial charge in [-0.1, -0.05) is 6.07 Å². The minimum Gasteiger partial charge on any atom is -0.493 e. The Morgan fingerprint density at radius 3 is 2.89 bits per heavy atom. The van der Waals surface area contributed by atoms with Gasteiger partial charge < -0.3 is 10.5 Å². The Bertz CT molecular complexity index is 607. The number of ether oxygens (including phenoxy) is 1. The number of nitrogens with zero attached hydrogens (tertiary/aromatic N) is 2. The van der Waals surface area contributed by atoms with Crippen LogP contribution in [0.25, 0.3) is 0 Å². The Kier molecular flexibility index (Phi) is 3.01. The van der Waals surface area contributed by atoms with Crippen LogP contribution in [0, 0.1) is 5.82 Å². The summed E-state index contributed by atoms with van der Waals surface area (Å²) in [6.45, 7) is 0. The quantitative estimate of drug-likeness (QED) is 0.659. The topological polar surface area (TPSA) is 70.1 Å². The summed E-state index contributed by atoms with van der Waals surface area (Å²) < 4.78 is 19.7. The molecule has 0 saturated heterocycles. The second-order valence-electron chi connectivity index (χ2n) is 3.72. The molecule has 0 radical (unpaired) electrons. The number of nitrogens with two attached hydrogens (primary N) is 1. The monoisotopic (exact) mass is 249 g/mol. The lowest BCUT2D eigenvalue weighted by atomic mass is 10.1. The number of methoxy groups -OCH3 is 1. The number of benzene rings is 1. The number of ketones is 1. The fourth-order valence-corrected chi connectivity index (χ4v) is 1.69. The number of para-hydroxylation sites is 1. The molecular formula is C12H12FN3O2. The highest BCUT2D eigenvalue weighted by atomic mass is 19.1. The van der Waals surface area contributed by atoms with Crippen molar-refractivity contribution in [3.8, 4) is 5.75 Å². The van der Waals surface area contributed by atoms with E-state index in [1.165, 1.54) is 36.2 Å². The number of hydrogen-bond acceptors (Lipinski definition) is 4. The Labute approximate surface area is 103 Å². The van der Waals surface area contributed by atoms with Gasteiger partial charge in [-0.2, -0.15) is 5.10 Å². The molecule has 2 N–H and O–H groups in total. The van der Waals surface area contributed by atoms with Gasteiger partial charge in [-0.15, -0.1) is 0 Å². The molecule has 6 heteroatoms. The van der Waals surface area contributed by atoms with Crippen LogP contribution in [0.4, 0.5) is 10.1 Å². The molecule has 5 nitrogen and oxygen atoms in total. The molecule has 1 heterocycles. The van der Waals surface area contributed by atoms with Crippen molar-refractivity contribution >= 4 is 11.5 Å². The van der Waals surface area contributed by atoms with E-state index in [0.717, 1.165) is 0 Å². The molecule has 0 aliphatic carbocycles. The van der Waals surface area contributed by atoms with Gasteiger partial charge in [0.25, 0.3) is 0 Å². The second kappa shape index (κ2) is 4.48. The van der Waals surface area contributed by atoms with E-state index >= 15 is 0 Å². The Morgan fingerprint density at radius 1 is 1.50 bits per heavy atom. The first-order valence-electron chi connectivity index (χ1n) is 5.21. The van der Waals surface area contributed by atoms with Crippen molar-refractivity contribution in [1.29, 1.82) is 0 Å². The number of halogens is 1. The third-order valence-corrected chi connectivity index (χ3v) is 2.64. The highest BCUT2D eigenvalue weighted by Gasteiger charge is 2.22. The molecule has 0 saturated carbocycles. The molecule has 0 amide bonds. The van der Waals surface area contributed by atoms with Crippen molar-refractivity contribution in [2.24, 2.45) is 7.05 Å². The lowest BCUT2D eigenvalue weighted by Gasteiger charge is -2.07. The summed E-state index contributed by atoms with van der Waals surface area (Å²) in [5, 5.41) is 3.92. The molecular weight excluding hydrogens is 237 g/mol. The summed E-state index contributed by atoms with van der Waals surface area (Å²) in [7, 11) is 3.04. The average Bonchev–Trinajstić information content (AvgIpc) is 2.73. The summed E-state index contributed by atoms with van der Waals surface area (Å²) in [5.74, 6) is -0.725. The number of rotatable bonds is 3. The van der Waals surface area contributed by atoms with E-state index < -0.39 is 11.6 Å². The molecule has 0 fully saturated rings. The van der Waals surface area contributed by atoms with Crippen LogP contribution < -0.4 is 10.5 Å². The van der Waals surface area contributed by atoms with E-state index in [-0.39, 0.29) is 16.9 Å². The molecule has 94 valence electrons. The van der Waals surface area contributed by atoms with Crippen LogP contribution in [-0.2, 0) is 7.05 Å². The molecule has 0 spiro atoms. The fourth-order valence-electron chi connectivity index (χ4n) is 1.69. The number of nitrogen functional groups attached to an aromatic ring is 1. The van der Waals surface area contributed by atoms with Crippen molar-refractivity contribution in [2.75, 3.05) is 12.8 Å². The van der Waals surface area contributed by atoms with Crippen LogP contribution in [0.3, 0.4) is 0 Å². The van der Waals surface area contributed by atoms with Crippen LogP contribution in [0.2, 0.25) is 0 Å². The Hall–Kier alpha value is -2.37. The predicted molar refractivity (Wildman–Crippen MR) is 64.0 cm³/mol. The molecule has 0 atom stereocenters. The molecule has 0 aliphatic rings. The summed E-state index contributed by atoms with van der Waals surface area (Å²) in [6.07, 6.45) is 1.42. The van der Waals surface area contributed by atoms with Crippen LogP contribution in [0.15, 0.2) is 24.4 Å². The SMILES string of the molecule is COc1cnn(C)c1C(=O)c1cccc(F)c1N. The lowest BCUT2D eigenvalue weighted by molar-refractivity contribution is 0.102. The minimum absolute atomic E-state index is 0.0944. The second-order valence-corrected chi connectivity index (χ2v) is 3.72. The van der Waals surface area contributed by atoms with Crippen LogP contribution >= 0.6 is 0 Å². The van der Waals surface area contributed by atoms with Crippen LogP contribution in [0.5, 0.6) is 5.75 Å². The summed E-state index contributed by atoms with van der Waals surface area (Å²) in [6, 6.07) is 4.10. The van der Waals surface area contributed by atoms with Crippen molar-refractivity contribution in [3.63, 3.8) is 0 Å². The first kappa shape index (κ1) is 12.1. The fraction of sp³-hybridized carbons (Fsp3) is 0.167. The van der Waals surface area contributed by atoms with Gasteiger partial charge in [0.2, 0.25) is 5.78 Å². The molecule has 0 bridgehead atoms. The standard InChI is InChI=1S/C12H12FN3O2/c1-16-11(9(18-2)6-15-16)12(17)7-4-3-5-8(13)10(7)14/h3-6H,14H2,1-2H3. The van der Waals surface area contributed by atoms with E-state index in [1.807, 2.05) is 0 Å². The third-order valence-electron chi connectivity index (χ3n) is 2.64. The third kappa shape index (κ3) is 1.81. The number of anilines is 1. The van der Waals surface area contributed by atoms with Gasteiger partial charge in [-0.3, -0.25) is 9.48 Å². The molecule has 1 aromatic carbocycles. The zero-order chi connectivity index (χ0) is 13.3. The van der Waals surface area contributed by atoms with E-state index in [1.54, 1.807) is 7.05 Å². The van der Waals surface area contributed by atoms with E-state index in [9.17, 15) is 9.18 Å². The van der Waals surface area contributed by atoms with Crippen molar-refractivity contribution < 1.29 is 13.9 Å². The van der Waals surface area contributed by atoms with Gasteiger partial charge in [0.1, 0.15) is 5.82 Å². The van der Waals surface area contributed by atoms with Crippen LogP contribution in [0.1, 0.15) is 16.1 Å². The van der Waals surface area contributed by atoms with E-state index in [4.69, 9.17) is 10.5 Å². The predicted octanol–water partition coefficient (Wildman–Crippen LogP) is 1.38. The highest BCUT2D eigenvalue weighted by Crippen LogP contribution is 2.24. The number of carbonyl (C=O) groups excluding carboxylic acids is 1. The minimum atomic E-state index is -0.623. The zero-order valence-corrected chi connectivity index (χ0v) is 9.98. The molecule has 2 rings (SSSR count). The Morgan fingerprint density at radius 2 is 2.22 bits per heavy atom. The zero-order valence-electron chi connectivity index (χ0n) is 9.98. The van der Waals surface area contributed by atoms with Gasteiger partial charge in [0.15, 0.2) is 11.4 Å². The number of hydrogen-bond donors (Lipinski definition) is 1. The van der Waals surface area contributed by atoms with Gasteiger partial charge in [-0.25, -0.2) is 4.39 Å². The van der Waals surface area contributed by atoms with Gasteiger partial charge in [0.05, 0.1) is 24.6 Å². The summed E-state index contributed by atoms with van der Waals surface area (Å²) in [4.78, 5) is 12.3. The van der Waals surface area contributed by atoms with Crippen molar-refractivity contribution in [1.82, 2.24) is 9.78 Å². The van der Waals surface area contributed by atoms with Gasteiger partial charge in [-0.05, 0) is 12.1 Å². The van der Waals surface area contributed by atoms with Crippen molar-refractivity contribution in [2.45, 2.75) is 0 Å². The highest BCUT2D eigenvalue weighted by molar-refractivity contribution is 6.12. The van der Waals surface area contributed by atoms with Crippen LogP contribution in [-0.4, -0.2) is 22.7 Å². The average molecular weight is 249 g/mol. The summed E-state index contributed by atoms with van der Waals surface area (Å²) in [5.41, 5.74) is 5.72. The Balaban J connectivity index is 2.55. The molecule has 0 unspecified atom stereocenters. The lowest BCUT2D eigenvalue weighted by Crippen LogP contribution is -2.12.